The standard InChI is InChI=1S/C12H14ClN3O5/c1-19-9-4-7(5-15-16-12(14)18)3-8(13)11(9)21-6-10(17)20-2/h3-5H,6H2,1-2H3,(H3,14,16,18). The fourth-order valence-electron chi connectivity index (χ4n) is 1.31. The zero-order chi connectivity index (χ0) is 15.8. The molecule has 21 heavy (non-hydrogen) atoms. The molecular weight excluding hydrogens is 302 g/mol. The highest BCUT2D eigenvalue weighted by Gasteiger charge is 2.13. The monoisotopic (exact) mass is 315 g/mol. The fraction of sp³-hybridized carbons (Fsp3) is 0.250. The summed E-state index contributed by atoms with van der Waals surface area (Å²) in [5, 5.41) is 3.80. The molecule has 0 aliphatic rings. The van der Waals surface area contributed by atoms with E-state index in [2.05, 4.69) is 9.84 Å². The summed E-state index contributed by atoms with van der Waals surface area (Å²) in [6.45, 7) is -0.302. The third-order valence-electron chi connectivity index (χ3n) is 2.20. The third kappa shape index (κ3) is 5.19. The molecule has 114 valence electrons. The number of primary amides is 1. The van der Waals surface area contributed by atoms with Crippen molar-refractivity contribution in [3.05, 3.63) is 22.7 Å². The minimum absolute atomic E-state index is 0.199. The Morgan fingerprint density at radius 2 is 2.14 bits per heavy atom. The number of urea groups is 1. The molecule has 2 amide bonds. The summed E-state index contributed by atoms with van der Waals surface area (Å²) in [4.78, 5) is 21.6. The van der Waals surface area contributed by atoms with E-state index in [0.29, 0.717) is 11.3 Å². The molecule has 1 rings (SSSR count). The fourth-order valence-corrected chi connectivity index (χ4v) is 1.59. The molecule has 0 radical (unpaired) electrons. The van der Waals surface area contributed by atoms with Crippen LogP contribution in [-0.2, 0) is 9.53 Å². The molecule has 0 spiro atoms. The number of esters is 1. The highest BCUT2D eigenvalue weighted by Crippen LogP contribution is 2.36. The second-order valence-corrected chi connectivity index (χ2v) is 4.04. The largest absolute Gasteiger partial charge is 0.493 e. The lowest BCUT2D eigenvalue weighted by molar-refractivity contribution is -0.142. The molecule has 0 heterocycles. The molecule has 0 bridgehead atoms. The van der Waals surface area contributed by atoms with Gasteiger partial charge in [0, 0.05) is 0 Å². The van der Waals surface area contributed by atoms with Gasteiger partial charge in [0.05, 0.1) is 25.5 Å². The summed E-state index contributed by atoms with van der Waals surface area (Å²) < 4.78 is 14.8. The molecule has 0 saturated heterocycles. The number of carbonyl (C=O) groups excluding carboxylic acids is 2. The van der Waals surface area contributed by atoms with Crippen molar-refractivity contribution in [3.63, 3.8) is 0 Å². The number of methoxy groups -OCH3 is 2. The molecule has 0 aliphatic carbocycles. The van der Waals surface area contributed by atoms with Crippen molar-refractivity contribution in [3.8, 4) is 11.5 Å². The Hall–Kier alpha value is -2.48. The van der Waals surface area contributed by atoms with Crippen LogP contribution in [-0.4, -0.2) is 39.0 Å². The van der Waals surface area contributed by atoms with Crippen LogP contribution >= 0.6 is 11.6 Å². The maximum atomic E-state index is 11.1. The minimum Gasteiger partial charge on any atom is -0.493 e. The van der Waals surface area contributed by atoms with Crippen LogP contribution in [0.1, 0.15) is 5.56 Å². The van der Waals surface area contributed by atoms with Gasteiger partial charge in [-0.05, 0) is 17.7 Å². The zero-order valence-corrected chi connectivity index (χ0v) is 12.1. The number of amides is 2. The first-order chi connectivity index (χ1) is 9.97. The molecule has 0 atom stereocenters. The van der Waals surface area contributed by atoms with Crippen LogP contribution in [0, 0.1) is 0 Å². The topological polar surface area (TPSA) is 112 Å². The molecule has 8 nitrogen and oxygen atoms in total. The summed E-state index contributed by atoms with van der Waals surface area (Å²) in [5.74, 6) is -0.0547. The van der Waals surface area contributed by atoms with Crippen LogP contribution in [0.15, 0.2) is 17.2 Å². The molecule has 9 heteroatoms. The van der Waals surface area contributed by atoms with Crippen molar-refractivity contribution in [1.29, 1.82) is 0 Å². The molecule has 0 unspecified atom stereocenters. The molecule has 1 aromatic carbocycles. The Morgan fingerprint density at radius 1 is 1.43 bits per heavy atom. The SMILES string of the molecule is COC(=O)COc1c(Cl)cc(C=NNC(N)=O)cc1OC. The van der Waals surface area contributed by atoms with Gasteiger partial charge in [0.2, 0.25) is 0 Å². The number of nitrogens with zero attached hydrogens (tertiary/aromatic N) is 1. The van der Waals surface area contributed by atoms with E-state index in [9.17, 15) is 9.59 Å². The highest BCUT2D eigenvalue weighted by atomic mass is 35.5. The number of hydrazone groups is 1. The van der Waals surface area contributed by atoms with Crippen molar-refractivity contribution in [2.75, 3.05) is 20.8 Å². The average molecular weight is 316 g/mol. The van der Waals surface area contributed by atoms with Gasteiger partial charge in [0.25, 0.3) is 0 Å². The number of hydrogen-bond donors (Lipinski definition) is 2. The first kappa shape index (κ1) is 16.6. The molecule has 0 saturated carbocycles. The van der Waals surface area contributed by atoms with Crippen LogP contribution < -0.4 is 20.6 Å². The third-order valence-corrected chi connectivity index (χ3v) is 2.48. The summed E-state index contributed by atoms with van der Waals surface area (Å²) >= 11 is 6.05. The van der Waals surface area contributed by atoms with Crippen molar-refractivity contribution < 1.29 is 23.8 Å². The number of nitrogens with one attached hydrogen (secondary N) is 1. The van der Waals surface area contributed by atoms with Crippen molar-refractivity contribution in [1.82, 2.24) is 5.43 Å². The molecule has 0 fully saturated rings. The Labute approximate surface area is 125 Å². The van der Waals surface area contributed by atoms with Crippen LogP contribution in [0.3, 0.4) is 0 Å². The van der Waals surface area contributed by atoms with E-state index in [4.69, 9.17) is 26.8 Å². The maximum Gasteiger partial charge on any atom is 0.343 e. The first-order valence-electron chi connectivity index (χ1n) is 5.63. The number of hydrogen-bond acceptors (Lipinski definition) is 6. The second-order valence-electron chi connectivity index (χ2n) is 3.63. The van der Waals surface area contributed by atoms with Gasteiger partial charge in [-0.1, -0.05) is 11.6 Å². The smallest absolute Gasteiger partial charge is 0.343 e. The number of nitrogens with two attached hydrogens (primary N) is 1. The van der Waals surface area contributed by atoms with E-state index >= 15 is 0 Å². The van der Waals surface area contributed by atoms with Crippen molar-refractivity contribution in [2.24, 2.45) is 10.8 Å². The van der Waals surface area contributed by atoms with Crippen LogP contribution in [0.25, 0.3) is 0 Å². The van der Waals surface area contributed by atoms with Gasteiger partial charge in [-0.25, -0.2) is 15.0 Å². The molecule has 0 aliphatic heterocycles. The number of halogens is 1. The van der Waals surface area contributed by atoms with E-state index in [-0.39, 0.29) is 17.4 Å². The molecule has 0 aromatic heterocycles. The van der Waals surface area contributed by atoms with Gasteiger partial charge in [-0.2, -0.15) is 5.10 Å². The lowest BCUT2D eigenvalue weighted by Crippen LogP contribution is -2.24. The summed E-state index contributed by atoms with van der Waals surface area (Å²) in [6.07, 6.45) is 1.32. The van der Waals surface area contributed by atoms with Gasteiger partial charge >= 0.3 is 12.0 Å². The van der Waals surface area contributed by atoms with Gasteiger partial charge in [-0.15, -0.1) is 0 Å². The van der Waals surface area contributed by atoms with E-state index < -0.39 is 12.0 Å². The summed E-state index contributed by atoms with van der Waals surface area (Å²) in [6, 6.07) is 2.29. The molecular formula is C12H14ClN3O5. The second kappa shape index (κ2) is 7.95. The van der Waals surface area contributed by atoms with E-state index in [1.165, 1.54) is 26.5 Å². The van der Waals surface area contributed by atoms with Crippen LogP contribution in [0.4, 0.5) is 4.79 Å². The number of carbonyl (C=O) groups is 2. The minimum atomic E-state index is -0.789. The van der Waals surface area contributed by atoms with Crippen molar-refractivity contribution >= 4 is 29.8 Å². The van der Waals surface area contributed by atoms with Crippen LogP contribution in [0.5, 0.6) is 11.5 Å². The van der Waals surface area contributed by atoms with Gasteiger partial charge in [-0.3, -0.25) is 0 Å². The average Bonchev–Trinajstić information content (AvgIpc) is 2.44. The summed E-state index contributed by atoms with van der Waals surface area (Å²) in [7, 11) is 2.66. The Kier molecular flexibility index (Phi) is 6.28. The predicted molar refractivity (Wildman–Crippen MR) is 75.8 cm³/mol. The molecule has 1 aromatic rings. The zero-order valence-electron chi connectivity index (χ0n) is 11.4. The lowest BCUT2D eigenvalue weighted by Gasteiger charge is -2.12. The lowest BCUT2D eigenvalue weighted by atomic mass is 10.2. The van der Waals surface area contributed by atoms with E-state index in [1.807, 2.05) is 5.43 Å². The number of benzene rings is 1. The predicted octanol–water partition coefficient (Wildman–Crippen LogP) is 0.903. The van der Waals surface area contributed by atoms with E-state index in [1.54, 1.807) is 6.07 Å². The highest BCUT2D eigenvalue weighted by molar-refractivity contribution is 6.32. The van der Waals surface area contributed by atoms with E-state index in [0.717, 1.165) is 0 Å². The summed E-state index contributed by atoms with van der Waals surface area (Å²) in [5.41, 5.74) is 7.45. The Balaban J connectivity index is 2.93. The maximum absolute atomic E-state index is 11.1. The van der Waals surface area contributed by atoms with Gasteiger partial charge in [0.1, 0.15) is 0 Å². The molecule has 3 N–H and O–H groups in total. The first-order valence-corrected chi connectivity index (χ1v) is 6.01. The van der Waals surface area contributed by atoms with Gasteiger partial charge in [0.15, 0.2) is 18.1 Å². The quantitative estimate of drug-likeness (QED) is 0.460. The Morgan fingerprint density at radius 3 is 2.71 bits per heavy atom. The normalized spacial score (nSPS) is 10.2. The Bertz CT molecular complexity index is 562. The van der Waals surface area contributed by atoms with Crippen molar-refractivity contribution in [2.45, 2.75) is 0 Å². The number of rotatable bonds is 6. The van der Waals surface area contributed by atoms with Gasteiger partial charge < -0.3 is 19.9 Å². The number of ether oxygens (including phenoxy) is 3. The van der Waals surface area contributed by atoms with Crippen LogP contribution in [0.2, 0.25) is 5.02 Å².